The summed E-state index contributed by atoms with van der Waals surface area (Å²) in [6.45, 7) is 2.39. The van der Waals surface area contributed by atoms with Gasteiger partial charge in [0.15, 0.2) is 0 Å². The van der Waals surface area contributed by atoms with Crippen molar-refractivity contribution in [1.29, 1.82) is 0 Å². The molecule has 6 nitrogen and oxygen atoms in total. The fourth-order valence-corrected chi connectivity index (χ4v) is 3.95. The van der Waals surface area contributed by atoms with Gasteiger partial charge in [-0.05, 0) is 55.3 Å². The molecule has 4 aromatic rings. The molecule has 0 aliphatic carbocycles. The fourth-order valence-electron chi connectivity index (χ4n) is 3.95. The third kappa shape index (κ3) is 4.23. The lowest BCUT2D eigenvalue weighted by Gasteiger charge is -2.21. The lowest BCUT2D eigenvalue weighted by Crippen LogP contribution is -2.21. The Morgan fingerprint density at radius 1 is 1.00 bits per heavy atom. The molecule has 0 unspecified atom stereocenters. The lowest BCUT2D eigenvalue weighted by molar-refractivity contribution is 0.102. The maximum absolute atomic E-state index is 12.9. The third-order valence-corrected chi connectivity index (χ3v) is 5.50. The molecule has 0 atom stereocenters. The highest BCUT2D eigenvalue weighted by Crippen LogP contribution is 2.29. The Hall–Kier alpha value is -3.80. The van der Waals surface area contributed by atoms with E-state index in [0.717, 1.165) is 35.8 Å². The first kappa shape index (κ1) is 19.2. The average molecular weight is 412 g/mol. The molecular weight excluding hydrogens is 388 g/mol. The van der Waals surface area contributed by atoms with Crippen molar-refractivity contribution in [3.63, 3.8) is 0 Å². The van der Waals surface area contributed by atoms with Crippen LogP contribution in [0, 0.1) is 0 Å². The Morgan fingerprint density at radius 3 is 2.71 bits per heavy atom. The van der Waals surface area contributed by atoms with Crippen LogP contribution in [0.25, 0.3) is 5.65 Å². The molecule has 6 heteroatoms. The van der Waals surface area contributed by atoms with Gasteiger partial charge in [0.1, 0.15) is 18.0 Å². The van der Waals surface area contributed by atoms with E-state index in [-0.39, 0.29) is 5.91 Å². The summed E-state index contributed by atoms with van der Waals surface area (Å²) >= 11 is 0. The first-order valence-corrected chi connectivity index (χ1v) is 10.6. The van der Waals surface area contributed by atoms with Crippen LogP contribution in [0.15, 0.2) is 79.1 Å². The third-order valence-electron chi connectivity index (χ3n) is 5.50. The number of amides is 1. The molecule has 0 bridgehead atoms. The Balaban J connectivity index is 1.28. The Kier molecular flexibility index (Phi) is 5.27. The van der Waals surface area contributed by atoms with Crippen LogP contribution in [0.5, 0.6) is 5.75 Å². The Morgan fingerprint density at radius 2 is 1.84 bits per heavy atom. The van der Waals surface area contributed by atoms with Crippen LogP contribution in [-0.4, -0.2) is 28.4 Å². The quantitative estimate of drug-likeness (QED) is 0.496. The number of aromatic nitrogens is 2. The largest absolute Gasteiger partial charge is 0.487 e. The highest BCUT2D eigenvalue weighted by Gasteiger charge is 2.17. The van der Waals surface area contributed by atoms with E-state index < -0.39 is 0 Å². The van der Waals surface area contributed by atoms with E-state index in [1.165, 1.54) is 12.8 Å². The molecule has 1 aliphatic rings. The topological polar surface area (TPSA) is 58.9 Å². The van der Waals surface area contributed by atoms with Gasteiger partial charge in [0.05, 0.1) is 17.1 Å². The zero-order valence-electron chi connectivity index (χ0n) is 17.2. The minimum Gasteiger partial charge on any atom is -0.487 e. The molecule has 2 aromatic heterocycles. The number of hydrogen-bond acceptors (Lipinski definition) is 4. The van der Waals surface area contributed by atoms with E-state index in [0.29, 0.717) is 17.9 Å². The van der Waals surface area contributed by atoms with E-state index in [1.54, 1.807) is 12.1 Å². The van der Waals surface area contributed by atoms with Crippen LogP contribution in [0.1, 0.15) is 28.9 Å². The van der Waals surface area contributed by atoms with Crippen molar-refractivity contribution in [2.45, 2.75) is 19.4 Å². The number of nitrogens with zero attached hydrogens (tertiary/aromatic N) is 3. The minimum absolute atomic E-state index is 0.148. The number of imidazole rings is 1. The van der Waals surface area contributed by atoms with Crippen LogP contribution in [0.4, 0.5) is 11.4 Å². The maximum Gasteiger partial charge on any atom is 0.255 e. The van der Waals surface area contributed by atoms with Crippen LogP contribution >= 0.6 is 0 Å². The van der Waals surface area contributed by atoms with Gasteiger partial charge in [-0.1, -0.05) is 24.3 Å². The molecule has 3 heterocycles. The van der Waals surface area contributed by atoms with E-state index in [2.05, 4.69) is 21.3 Å². The molecule has 1 aliphatic heterocycles. The van der Waals surface area contributed by atoms with Crippen LogP contribution in [0.3, 0.4) is 0 Å². The van der Waals surface area contributed by atoms with Crippen LogP contribution < -0.4 is 15.0 Å². The fraction of sp³-hybridized carbons (Fsp3) is 0.200. The van der Waals surface area contributed by atoms with Gasteiger partial charge in [-0.2, -0.15) is 0 Å². The number of anilines is 2. The van der Waals surface area contributed by atoms with Crippen molar-refractivity contribution >= 4 is 22.9 Å². The van der Waals surface area contributed by atoms with Gasteiger partial charge in [-0.15, -0.1) is 0 Å². The summed E-state index contributed by atoms with van der Waals surface area (Å²) in [7, 11) is 0. The van der Waals surface area contributed by atoms with E-state index in [9.17, 15) is 4.79 Å². The van der Waals surface area contributed by atoms with Crippen molar-refractivity contribution < 1.29 is 9.53 Å². The van der Waals surface area contributed by atoms with Crippen molar-refractivity contribution in [1.82, 2.24) is 9.38 Å². The number of benzene rings is 2. The number of ether oxygens (including phenoxy) is 1. The van der Waals surface area contributed by atoms with Crippen molar-refractivity contribution in [2.24, 2.45) is 0 Å². The zero-order chi connectivity index (χ0) is 21.0. The second-order valence-corrected chi connectivity index (χ2v) is 7.68. The zero-order valence-corrected chi connectivity index (χ0v) is 17.2. The number of para-hydroxylation sites is 2. The van der Waals surface area contributed by atoms with Crippen LogP contribution in [0.2, 0.25) is 0 Å². The summed E-state index contributed by atoms with van der Waals surface area (Å²) < 4.78 is 7.86. The summed E-state index contributed by atoms with van der Waals surface area (Å²) in [4.78, 5) is 19.8. The molecule has 1 saturated heterocycles. The molecule has 1 fully saturated rings. The molecule has 31 heavy (non-hydrogen) atoms. The van der Waals surface area contributed by atoms with Gasteiger partial charge in [0, 0.05) is 31.0 Å². The Labute approximate surface area is 181 Å². The number of carbonyl (C=O) groups excluding carboxylic acids is 1. The van der Waals surface area contributed by atoms with Gasteiger partial charge in [0.2, 0.25) is 0 Å². The number of rotatable bonds is 6. The molecule has 1 amide bonds. The van der Waals surface area contributed by atoms with E-state index >= 15 is 0 Å². The number of carbonyl (C=O) groups is 1. The first-order chi connectivity index (χ1) is 15.3. The van der Waals surface area contributed by atoms with E-state index in [4.69, 9.17) is 4.74 Å². The van der Waals surface area contributed by atoms with Gasteiger partial charge in [0.25, 0.3) is 5.91 Å². The SMILES string of the molecule is O=C(Nc1ccccc1N1CCCC1)c1cccc(OCc2cn3ccccc3n2)c1. The van der Waals surface area contributed by atoms with Crippen molar-refractivity contribution in [3.05, 3.63) is 90.4 Å². The maximum atomic E-state index is 12.9. The Bertz CT molecular complexity index is 1180. The molecule has 0 spiro atoms. The number of fused-ring (bicyclic) bond motifs is 1. The number of hydrogen-bond donors (Lipinski definition) is 1. The molecule has 5 rings (SSSR count). The molecule has 156 valence electrons. The highest BCUT2D eigenvalue weighted by molar-refractivity contribution is 6.06. The monoisotopic (exact) mass is 412 g/mol. The molecular formula is C25H24N4O2. The second-order valence-electron chi connectivity index (χ2n) is 7.68. The normalized spacial score (nSPS) is 13.5. The summed E-state index contributed by atoms with van der Waals surface area (Å²) in [6.07, 6.45) is 6.28. The van der Waals surface area contributed by atoms with Crippen molar-refractivity contribution in [3.8, 4) is 5.75 Å². The summed E-state index contributed by atoms with van der Waals surface area (Å²) in [6, 6.07) is 21.1. The standard InChI is InChI=1S/C25H24N4O2/c30-25(27-22-10-1-2-11-23(22)28-13-5-6-14-28)19-8-7-9-21(16-19)31-18-20-17-29-15-4-3-12-24(29)26-20/h1-4,7-12,15-17H,5-6,13-14,18H2,(H,27,30). The highest BCUT2D eigenvalue weighted by atomic mass is 16.5. The van der Waals surface area contributed by atoms with Gasteiger partial charge in [-0.3, -0.25) is 4.79 Å². The molecule has 1 N–H and O–H groups in total. The van der Waals surface area contributed by atoms with E-state index in [1.807, 2.05) is 65.3 Å². The van der Waals surface area contributed by atoms with Gasteiger partial charge < -0.3 is 19.4 Å². The predicted molar refractivity (Wildman–Crippen MR) is 122 cm³/mol. The first-order valence-electron chi connectivity index (χ1n) is 10.6. The smallest absolute Gasteiger partial charge is 0.255 e. The van der Waals surface area contributed by atoms with Crippen molar-refractivity contribution in [2.75, 3.05) is 23.3 Å². The molecule has 2 aromatic carbocycles. The summed E-state index contributed by atoms with van der Waals surface area (Å²) in [5.74, 6) is 0.488. The summed E-state index contributed by atoms with van der Waals surface area (Å²) in [5, 5.41) is 3.07. The number of nitrogens with one attached hydrogen (secondary N) is 1. The van der Waals surface area contributed by atoms with Gasteiger partial charge >= 0.3 is 0 Å². The second kappa shape index (κ2) is 8.52. The molecule has 0 saturated carbocycles. The lowest BCUT2D eigenvalue weighted by atomic mass is 10.2. The van der Waals surface area contributed by atoms with Gasteiger partial charge in [-0.25, -0.2) is 4.98 Å². The average Bonchev–Trinajstić information content (AvgIpc) is 3.48. The molecule has 0 radical (unpaired) electrons. The minimum atomic E-state index is -0.148. The van der Waals surface area contributed by atoms with Crippen LogP contribution in [-0.2, 0) is 6.61 Å². The summed E-state index contributed by atoms with van der Waals surface area (Å²) in [5.41, 5.74) is 4.19. The number of pyridine rings is 1. The predicted octanol–water partition coefficient (Wildman–Crippen LogP) is 4.77.